The van der Waals surface area contributed by atoms with Crippen LogP contribution in [0.15, 0.2) is 108 Å². The van der Waals surface area contributed by atoms with Gasteiger partial charge in [0, 0.05) is 20.0 Å². The summed E-state index contributed by atoms with van der Waals surface area (Å²) in [5.74, 6) is -0.819. The molecule has 4 rings (SSSR count). The summed E-state index contributed by atoms with van der Waals surface area (Å²) in [7, 11) is -2.59. The van der Waals surface area contributed by atoms with Gasteiger partial charge in [0.1, 0.15) is 12.6 Å². The summed E-state index contributed by atoms with van der Waals surface area (Å²) in [6.45, 7) is 5.31. The van der Waals surface area contributed by atoms with E-state index in [4.69, 9.17) is 0 Å². The maximum absolute atomic E-state index is 14.3. The predicted octanol–water partition coefficient (Wildman–Crippen LogP) is 5.19. The number of anilines is 1. The summed E-state index contributed by atoms with van der Waals surface area (Å²) < 4.78 is 29.4. The van der Waals surface area contributed by atoms with Crippen molar-refractivity contribution in [2.75, 3.05) is 17.9 Å². The van der Waals surface area contributed by atoms with E-state index in [1.165, 1.54) is 11.9 Å². The first kappa shape index (κ1) is 30.5. The lowest BCUT2D eigenvalue weighted by Gasteiger charge is -2.33. The summed E-state index contributed by atoms with van der Waals surface area (Å²) in [5, 5.41) is 2.70. The van der Waals surface area contributed by atoms with Crippen molar-refractivity contribution < 1.29 is 18.0 Å². The van der Waals surface area contributed by atoms with Crippen molar-refractivity contribution in [3.05, 3.63) is 131 Å². The predicted molar refractivity (Wildman–Crippen MR) is 167 cm³/mol. The van der Waals surface area contributed by atoms with Gasteiger partial charge in [-0.1, -0.05) is 84.4 Å². The van der Waals surface area contributed by atoms with Crippen LogP contribution in [-0.2, 0) is 32.6 Å². The van der Waals surface area contributed by atoms with Crippen LogP contribution in [0.2, 0.25) is 0 Å². The highest BCUT2D eigenvalue weighted by Gasteiger charge is 2.34. The van der Waals surface area contributed by atoms with E-state index in [9.17, 15) is 18.0 Å². The minimum Gasteiger partial charge on any atom is -0.357 e. The molecule has 0 bridgehead atoms. The van der Waals surface area contributed by atoms with Gasteiger partial charge < -0.3 is 10.2 Å². The van der Waals surface area contributed by atoms with Gasteiger partial charge in [0.25, 0.3) is 10.0 Å². The SMILES string of the molecule is CNC(=O)C(Cc1ccccc1)N(Cc1ccccc1)C(=O)CN(c1cc(C)cc(C)c1)S(=O)(=O)c1ccc(C)cc1. The van der Waals surface area contributed by atoms with Crippen molar-refractivity contribution >= 4 is 27.5 Å². The zero-order valence-corrected chi connectivity index (χ0v) is 25.3. The first-order chi connectivity index (χ1) is 20.1. The maximum atomic E-state index is 14.3. The molecule has 42 heavy (non-hydrogen) atoms. The largest absolute Gasteiger partial charge is 0.357 e. The Labute approximate surface area is 248 Å². The van der Waals surface area contributed by atoms with Crippen molar-refractivity contribution in [1.29, 1.82) is 0 Å². The molecule has 218 valence electrons. The van der Waals surface area contributed by atoms with Gasteiger partial charge in [0.15, 0.2) is 0 Å². The second-order valence-corrected chi connectivity index (χ2v) is 12.4. The fourth-order valence-corrected chi connectivity index (χ4v) is 6.36. The highest BCUT2D eigenvalue weighted by molar-refractivity contribution is 7.92. The molecule has 0 aromatic heterocycles. The first-order valence-corrected chi connectivity index (χ1v) is 15.3. The van der Waals surface area contributed by atoms with Crippen LogP contribution in [-0.4, -0.2) is 44.8 Å². The van der Waals surface area contributed by atoms with Gasteiger partial charge >= 0.3 is 0 Å². The molecule has 1 unspecified atom stereocenters. The quantitative estimate of drug-likeness (QED) is 0.263. The van der Waals surface area contributed by atoms with E-state index in [1.54, 1.807) is 36.4 Å². The third-order valence-corrected chi connectivity index (χ3v) is 8.88. The Morgan fingerprint density at radius 1 is 0.738 bits per heavy atom. The van der Waals surface area contributed by atoms with Crippen LogP contribution in [0.1, 0.15) is 27.8 Å². The van der Waals surface area contributed by atoms with Crippen LogP contribution < -0.4 is 9.62 Å². The Hall–Kier alpha value is -4.43. The third kappa shape index (κ3) is 7.44. The Kier molecular flexibility index (Phi) is 9.80. The van der Waals surface area contributed by atoms with Crippen molar-refractivity contribution in [1.82, 2.24) is 10.2 Å². The lowest BCUT2D eigenvalue weighted by Crippen LogP contribution is -2.53. The van der Waals surface area contributed by atoms with E-state index >= 15 is 0 Å². The van der Waals surface area contributed by atoms with E-state index < -0.39 is 28.5 Å². The summed E-state index contributed by atoms with van der Waals surface area (Å²) >= 11 is 0. The molecule has 8 heteroatoms. The molecule has 0 heterocycles. The maximum Gasteiger partial charge on any atom is 0.264 e. The molecule has 0 aliphatic carbocycles. The second kappa shape index (κ2) is 13.5. The van der Waals surface area contributed by atoms with Crippen molar-refractivity contribution in [2.45, 2.75) is 44.7 Å². The summed E-state index contributed by atoms with van der Waals surface area (Å²) in [4.78, 5) is 29.2. The Balaban J connectivity index is 1.80. The van der Waals surface area contributed by atoms with Gasteiger partial charge in [-0.25, -0.2) is 8.42 Å². The summed E-state index contributed by atoms with van der Waals surface area (Å²) in [6.07, 6.45) is 0.271. The molecular weight excluding hydrogens is 546 g/mol. The highest BCUT2D eigenvalue weighted by atomic mass is 32.2. The van der Waals surface area contributed by atoms with Gasteiger partial charge in [-0.05, 0) is 67.3 Å². The molecule has 0 saturated heterocycles. The number of hydrogen-bond acceptors (Lipinski definition) is 4. The number of nitrogens with zero attached hydrogens (tertiary/aromatic N) is 2. The lowest BCUT2D eigenvalue weighted by atomic mass is 10.0. The van der Waals surface area contributed by atoms with Gasteiger partial charge in [0.2, 0.25) is 11.8 Å². The molecule has 0 fully saturated rings. The van der Waals surface area contributed by atoms with Crippen LogP contribution in [0.25, 0.3) is 0 Å². The number of sulfonamides is 1. The molecular formula is C34H37N3O4S. The van der Waals surface area contributed by atoms with Crippen LogP contribution in [0.5, 0.6) is 0 Å². The Morgan fingerprint density at radius 2 is 1.29 bits per heavy atom. The van der Waals surface area contributed by atoms with Gasteiger partial charge in [-0.3, -0.25) is 13.9 Å². The molecule has 0 aliphatic heterocycles. The molecule has 0 spiro atoms. The Bertz CT molecular complexity index is 1600. The molecule has 2 amide bonds. The number of benzene rings is 4. The van der Waals surface area contributed by atoms with E-state index in [1.807, 2.05) is 87.5 Å². The van der Waals surface area contributed by atoms with Crippen LogP contribution in [0.4, 0.5) is 5.69 Å². The fourth-order valence-electron chi connectivity index (χ4n) is 4.96. The fraction of sp³-hybridized carbons (Fsp3) is 0.235. The number of hydrogen-bond donors (Lipinski definition) is 1. The number of carbonyl (C=O) groups is 2. The van der Waals surface area contributed by atoms with E-state index in [0.29, 0.717) is 5.69 Å². The average Bonchev–Trinajstić information content (AvgIpc) is 2.97. The number of nitrogens with one attached hydrogen (secondary N) is 1. The second-order valence-electron chi connectivity index (χ2n) is 10.5. The van der Waals surface area contributed by atoms with Crippen molar-refractivity contribution in [3.8, 4) is 0 Å². The van der Waals surface area contributed by atoms with E-state index in [2.05, 4.69) is 5.32 Å². The highest BCUT2D eigenvalue weighted by Crippen LogP contribution is 2.27. The minimum absolute atomic E-state index is 0.0850. The number of amides is 2. The molecule has 0 aliphatic rings. The summed E-state index contributed by atoms with van der Waals surface area (Å²) in [5.41, 5.74) is 4.76. The van der Waals surface area contributed by atoms with Crippen molar-refractivity contribution in [3.63, 3.8) is 0 Å². The van der Waals surface area contributed by atoms with Crippen LogP contribution in [0, 0.1) is 20.8 Å². The average molecular weight is 584 g/mol. The van der Waals surface area contributed by atoms with Crippen LogP contribution in [0.3, 0.4) is 0 Å². The van der Waals surface area contributed by atoms with Gasteiger partial charge in [-0.2, -0.15) is 0 Å². The van der Waals surface area contributed by atoms with E-state index in [0.717, 1.165) is 32.1 Å². The van der Waals surface area contributed by atoms with E-state index in [-0.39, 0.29) is 23.8 Å². The van der Waals surface area contributed by atoms with Gasteiger partial charge in [0.05, 0.1) is 10.6 Å². The normalized spacial score (nSPS) is 11.9. The molecule has 1 N–H and O–H groups in total. The molecule has 0 saturated carbocycles. The molecule has 0 radical (unpaired) electrons. The number of rotatable bonds is 11. The Morgan fingerprint density at radius 3 is 1.83 bits per heavy atom. The minimum atomic E-state index is -4.13. The van der Waals surface area contributed by atoms with Gasteiger partial charge in [-0.15, -0.1) is 0 Å². The summed E-state index contributed by atoms with van der Waals surface area (Å²) in [6, 6.07) is 30.0. The zero-order chi connectivity index (χ0) is 30.3. The number of likely N-dealkylation sites (N-methyl/N-ethyl adjacent to an activating group) is 1. The topological polar surface area (TPSA) is 86.8 Å². The smallest absolute Gasteiger partial charge is 0.264 e. The molecule has 4 aromatic rings. The first-order valence-electron chi connectivity index (χ1n) is 13.8. The molecule has 7 nitrogen and oxygen atoms in total. The monoisotopic (exact) mass is 583 g/mol. The van der Waals surface area contributed by atoms with Crippen LogP contribution >= 0.6 is 0 Å². The standard InChI is InChI=1S/C34H37N3O4S/c1-25-15-17-31(18-16-25)42(40,41)37(30-20-26(2)19-27(3)21-30)24-33(38)36(23-29-13-9-6-10-14-29)32(34(39)35-4)22-28-11-7-5-8-12-28/h5-21,32H,22-24H2,1-4H3,(H,35,39). The number of carbonyl (C=O) groups excluding carboxylic acids is 2. The number of aryl methyl sites for hydroxylation is 3. The molecule has 1 atom stereocenters. The van der Waals surface area contributed by atoms with Crippen molar-refractivity contribution in [2.24, 2.45) is 0 Å². The zero-order valence-electron chi connectivity index (χ0n) is 24.4. The molecule has 4 aromatic carbocycles. The third-order valence-electron chi connectivity index (χ3n) is 7.10. The lowest BCUT2D eigenvalue weighted by molar-refractivity contribution is -0.139.